The molecule has 0 saturated carbocycles. The topological polar surface area (TPSA) is 29.5 Å². The maximum atomic E-state index is 9.08. The summed E-state index contributed by atoms with van der Waals surface area (Å²) < 4.78 is 5.23. The third-order valence-electron chi connectivity index (χ3n) is 1.94. The van der Waals surface area contributed by atoms with Crippen LogP contribution in [0.15, 0.2) is 18.2 Å². The van der Waals surface area contributed by atoms with Gasteiger partial charge in [-0.2, -0.15) is 0 Å². The van der Waals surface area contributed by atoms with Gasteiger partial charge in [0.1, 0.15) is 5.75 Å². The Hall–Kier alpha value is -0.590. The van der Waals surface area contributed by atoms with Crippen molar-refractivity contribution in [2.24, 2.45) is 0 Å². The Labute approximate surface area is 80.5 Å². The lowest BCUT2D eigenvalue weighted by Crippen LogP contribution is -1.89. The van der Waals surface area contributed by atoms with Crippen LogP contribution in [-0.4, -0.2) is 11.6 Å². The van der Waals surface area contributed by atoms with Gasteiger partial charge in [-0.3, -0.25) is 0 Å². The summed E-state index contributed by atoms with van der Waals surface area (Å²) in [6.45, 7) is 5.86. The van der Waals surface area contributed by atoms with Crippen LogP contribution in [0.2, 0.25) is 0 Å². The first kappa shape index (κ1) is 10.5. The van der Waals surface area contributed by atoms with Crippen LogP contribution in [0.5, 0.6) is 5.75 Å². The smallest absolute Gasteiger partial charge is 0.224 e. The number of hydrogen-bond donors (Lipinski definition) is 1. The Balaban J connectivity index is 2.86. The molecule has 1 rings (SSSR count). The molecule has 0 heterocycles. The zero-order valence-corrected chi connectivity index (χ0v) is 9.14. The van der Waals surface area contributed by atoms with Crippen LogP contribution in [0.4, 0.5) is 0 Å². The van der Waals surface area contributed by atoms with E-state index in [0.29, 0.717) is 0 Å². The molecule has 0 spiro atoms. The van der Waals surface area contributed by atoms with Crippen LogP contribution in [0, 0.1) is 6.92 Å². The van der Waals surface area contributed by atoms with Crippen LogP contribution >= 0.6 is 8.38 Å². The molecule has 0 aromatic heterocycles. The normalized spacial score (nSPS) is 12.6. The zero-order valence-electron chi connectivity index (χ0n) is 8.24. The van der Waals surface area contributed by atoms with Crippen LogP contribution in [-0.2, 0) is 6.42 Å². The summed E-state index contributed by atoms with van der Waals surface area (Å²) in [5.41, 5.74) is 2.54. The Bertz CT molecular complexity index is 284. The Morgan fingerprint density at radius 2 is 2.15 bits per heavy atom. The van der Waals surface area contributed by atoms with E-state index in [2.05, 4.69) is 13.8 Å². The van der Waals surface area contributed by atoms with Gasteiger partial charge in [0.15, 0.2) is 0 Å². The van der Waals surface area contributed by atoms with Gasteiger partial charge in [0.25, 0.3) is 0 Å². The highest BCUT2D eigenvalue weighted by molar-refractivity contribution is 7.45. The standard InChI is InChI=1S/C10H15O2P/c1-4-9-7-10(12-13(3)11)6-5-8(9)2/h5-7,11H,4H2,1-3H3. The molecule has 0 aliphatic heterocycles. The van der Waals surface area contributed by atoms with Crippen LogP contribution in [0.3, 0.4) is 0 Å². The summed E-state index contributed by atoms with van der Waals surface area (Å²) in [6.07, 6.45) is 0.996. The van der Waals surface area contributed by atoms with Gasteiger partial charge in [-0.15, -0.1) is 0 Å². The van der Waals surface area contributed by atoms with Gasteiger partial charge in [0.2, 0.25) is 8.38 Å². The van der Waals surface area contributed by atoms with Crippen molar-refractivity contribution < 1.29 is 9.42 Å². The molecule has 72 valence electrons. The monoisotopic (exact) mass is 198 g/mol. The number of rotatable bonds is 3. The summed E-state index contributed by atoms with van der Waals surface area (Å²) in [6, 6.07) is 5.90. The first-order valence-electron chi connectivity index (χ1n) is 4.33. The maximum Gasteiger partial charge on any atom is 0.224 e. The van der Waals surface area contributed by atoms with Gasteiger partial charge < -0.3 is 9.42 Å². The molecule has 1 aromatic carbocycles. The van der Waals surface area contributed by atoms with Gasteiger partial charge in [0.05, 0.1) is 0 Å². The molecule has 0 aliphatic rings. The predicted molar refractivity (Wildman–Crippen MR) is 56.2 cm³/mol. The number of hydrogen-bond acceptors (Lipinski definition) is 2. The van der Waals surface area contributed by atoms with Gasteiger partial charge in [0, 0.05) is 6.66 Å². The van der Waals surface area contributed by atoms with E-state index in [1.807, 2.05) is 18.2 Å². The van der Waals surface area contributed by atoms with Crippen molar-refractivity contribution >= 4 is 8.38 Å². The van der Waals surface area contributed by atoms with E-state index in [1.54, 1.807) is 6.66 Å². The first-order valence-corrected chi connectivity index (χ1v) is 5.99. The second-order valence-electron chi connectivity index (χ2n) is 3.00. The second kappa shape index (κ2) is 4.59. The largest absolute Gasteiger partial charge is 0.448 e. The predicted octanol–water partition coefficient (Wildman–Crippen LogP) is 2.87. The second-order valence-corrected chi connectivity index (χ2v) is 4.11. The number of aryl methyl sites for hydroxylation is 2. The van der Waals surface area contributed by atoms with Gasteiger partial charge in [-0.25, -0.2) is 0 Å². The minimum Gasteiger partial charge on any atom is -0.448 e. The van der Waals surface area contributed by atoms with E-state index in [1.165, 1.54) is 11.1 Å². The van der Waals surface area contributed by atoms with E-state index < -0.39 is 8.38 Å². The molecule has 0 radical (unpaired) electrons. The molecule has 13 heavy (non-hydrogen) atoms. The van der Waals surface area contributed by atoms with Crippen LogP contribution in [0.1, 0.15) is 18.1 Å². The van der Waals surface area contributed by atoms with Gasteiger partial charge >= 0.3 is 0 Å². The fourth-order valence-corrected chi connectivity index (χ4v) is 1.66. The lowest BCUT2D eigenvalue weighted by atomic mass is 10.1. The van der Waals surface area contributed by atoms with Crippen molar-refractivity contribution in [3.8, 4) is 5.75 Å². The molecule has 0 aliphatic carbocycles. The van der Waals surface area contributed by atoms with Gasteiger partial charge in [-0.1, -0.05) is 13.0 Å². The average Bonchev–Trinajstić information content (AvgIpc) is 2.07. The lowest BCUT2D eigenvalue weighted by molar-refractivity contribution is 0.493. The molecule has 3 heteroatoms. The molecule has 1 atom stereocenters. The molecule has 0 fully saturated rings. The summed E-state index contributed by atoms with van der Waals surface area (Å²) in [7, 11) is -1.30. The molecule has 1 unspecified atom stereocenters. The molecule has 0 amide bonds. The van der Waals surface area contributed by atoms with E-state index in [4.69, 9.17) is 9.42 Å². The molecule has 1 N–H and O–H groups in total. The van der Waals surface area contributed by atoms with Crippen molar-refractivity contribution in [2.45, 2.75) is 20.3 Å². The summed E-state index contributed by atoms with van der Waals surface area (Å²) in [4.78, 5) is 9.08. The summed E-state index contributed by atoms with van der Waals surface area (Å²) in [5, 5.41) is 0. The highest BCUT2D eigenvalue weighted by atomic mass is 31.2. The van der Waals surface area contributed by atoms with Crippen LogP contribution in [0.25, 0.3) is 0 Å². The van der Waals surface area contributed by atoms with Crippen molar-refractivity contribution in [1.82, 2.24) is 0 Å². The highest BCUT2D eigenvalue weighted by Gasteiger charge is 2.02. The molecule has 0 saturated heterocycles. The van der Waals surface area contributed by atoms with E-state index in [0.717, 1.165) is 12.2 Å². The Kier molecular flexibility index (Phi) is 3.71. The Morgan fingerprint density at radius 1 is 1.46 bits per heavy atom. The number of benzene rings is 1. The highest BCUT2D eigenvalue weighted by Crippen LogP contribution is 2.30. The van der Waals surface area contributed by atoms with E-state index >= 15 is 0 Å². The van der Waals surface area contributed by atoms with Crippen molar-refractivity contribution in [3.63, 3.8) is 0 Å². The maximum absolute atomic E-state index is 9.08. The lowest BCUT2D eigenvalue weighted by Gasteiger charge is -2.09. The molecule has 1 aromatic rings. The summed E-state index contributed by atoms with van der Waals surface area (Å²) >= 11 is 0. The molecule has 0 bridgehead atoms. The van der Waals surface area contributed by atoms with Crippen LogP contribution < -0.4 is 4.52 Å². The van der Waals surface area contributed by atoms with E-state index in [9.17, 15) is 0 Å². The quantitative estimate of drug-likeness (QED) is 0.757. The molecular weight excluding hydrogens is 183 g/mol. The Morgan fingerprint density at radius 3 is 2.69 bits per heavy atom. The fraction of sp³-hybridized carbons (Fsp3) is 0.400. The van der Waals surface area contributed by atoms with Crippen molar-refractivity contribution in [1.29, 1.82) is 0 Å². The molecule has 2 nitrogen and oxygen atoms in total. The van der Waals surface area contributed by atoms with Crippen molar-refractivity contribution in [3.05, 3.63) is 29.3 Å². The minimum atomic E-state index is -1.30. The SMILES string of the molecule is CCc1cc(OP(C)O)ccc1C. The van der Waals surface area contributed by atoms with Crippen molar-refractivity contribution in [2.75, 3.05) is 6.66 Å². The fourth-order valence-electron chi connectivity index (χ4n) is 1.24. The third-order valence-corrected chi connectivity index (χ3v) is 2.41. The van der Waals surface area contributed by atoms with Gasteiger partial charge in [-0.05, 0) is 36.6 Å². The minimum absolute atomic E-state index is 0.763. The first-order chi connectivity index (χ1) is 6.13. The summed E-state index contributed by atoms with van der Waals surface area (Å²) in [5.74, 6) is 0.763. The third kappa shape index (κ3) is 2.98. The van der Waals surface area contributed by atoms with E-state index in [-0.39, 0.29) is 0 Å². The molecular formula is C10H15O2P. The average molecular weight is 198 g/mol. The zero-order chi connectivity index (χ0) is 9.84.